The molecule has 1 N–H and O–H groups in total. The molecule has 1 aliphatic heterocycles. The molecule has 0 aliphatic carbocycles. The highest BCUT2D eigenvalue weighted by Crippen LogP contribution is 2.24. The zero-order chi connectivity index (χ0) is 20.6. The normalized spacial score (nSPS) is 15.5. The van der Waals surface area contributed by atoms with Crippen LogP contribution < -0.4 is 0 Å². The summed E-state index contributed by atoms with van der Waals surface area (Å²) in [4.78, 5) is 27.8. The molecule has 9 nitrogen and oxygen atoms in total. The number of aromatic amines is 1. The van der Waals surface area contributed by atoms with Crippen LogP contribution in [0.15, 0.2) is 59.6 Å². The summed E-state index contributed by atoms with van der Waals surface area (Å²) in [6.07, 6.45) is 1.67. The van der Waals surface area contributed by atoms with Crippen molar-refractivity contribution in [1.82, 2.24) is 14.2 Å². The number of piperazine rings is 1. The van der Waals surface area contributed by atoms with E-state index in [1.165, 1.54) is 22.5 Å². The topological polar surface area (TPSA) is 117 Å². The molecule has 0 saturated carbocycles. The number of nitro groups is 1. The monoisotopic (exact) mass is 414 g/mol. The summed E-state index contributed by atoms with van der Waals surface area (Å²) in [5, 5.41) is 11.8. The van der Waals surface area contributed by atoms with Crippen LogP contribution in [0.3, 0.4) is 0 Å². The maximum Gasteiger partial charge on any atom is 0.270 e. The Morgan fingerprint density at radius 2 is 1.76 bits per heavy atom. The quantitative estimate of drug-likeness (QED) is 0.519. The maximum absolute atomic E-state index is 12.9. The summed E-state index contributed by atoms with van der Waals surface area (Å²) in [7, 11) is -3.87. The van der Waals surface area contributed by atoms with Crippen LogP contribution in [0.25, 0.3) is 10.9 Å². The number of H-pyrrole nitrogens is 1. The number of nitrogens with zero attached hydrogens (tertiary/aromatic N) is 3. The van der Waals surface area contributed by atoms with Crippen LogP contribution in [-0.2, 0) is 10.0 Å². The lowest BCUT2D eigenvalue weighted by Crippen LogP contribution is -2.50. The Balaban J connectivity index is 1.49. The van der Waals surface area contributed by atoms with Gasteiger partial charge in [-0.15, -0.1) is 0 Å². The van der Waals surface area contributed by atoms with Crippen LogP contribution in [0, 0.1) is 10.1 Å². The predicted octanol–water partition coefficient (Wildman–Crippen LogP) is 2.22. The summed E-state index contributed by atoms with van der Waals surface area (Å²) in [5.41, 5.74) is 1.14. The van der Waals surface area contributed by atoms with E-state index in [4.69, 9.17) is 0 Å². The van der Waals surface area contributed by atoms with E-state index in [0.717, 1.165) is 17.0 Å². The molecule has 1 fully saturated rings. The van der Waals surface area contributed by atoms with Crippen LogP contribution >= 0.6 is 0 Å². The van der Waals surface area contributed by atoms with E-state index in [2.05, 4.69) is 4.98 Å². The van der Waals surface area contributed by atoms with Gasteiger partial charge in [0.1, 0.15) is 0 Å². The highest BCUT2D eigenvalue weighted by molar-refractivity contribution is 7.89. The van der Waals surface area contributed by atoms with Gasteiger partial charge in [0.05, 0.1) is 15.4 Å². The molecule has 0 bridgehead atoms. The van der Waals surface area contributed by atoms with E-state index >= 15 is 0 Å². The van der Waals surface area contributed by atoms with Crippen molar-refractivity contribution in [3.63, 3.8) is 0 Å². The molecule has 4 rings (SSSR count). The van der Waals surface area contributed by atoms with E-state index in [-0.39, 0.29) is 42.7 Å². The van der Waals surface area contributed by atoms with Crippen molar-refractivity contribution in [3.8, 4) is 0 Å². The van der Waals surface area contributed by atoms with Gasteiger partial charge in [0.15, 0.2) is 0 Å². The Morgan fingerprint density at radius 3 is 2.48 bits per heavy atom. The Hall–Kier alpha value is -3.24. The average Bonchev–Trinajstić information content (AvgIpc) is 3.17. The predicted molar refractivity (Wildman–Crippen MR) is 106 cm³/mol. The van der Waals surface area contributed by atoms with Gasteiger partial charge in [-0.1, -0.05) is 24.3 Å². The Morgan fingerprint density at radius 1 is 1.03 bits per heavy atom. The molecule has 2 heterocycles. The van der Waals surface area contributed by atoms with Gasteiger partial charge < -0.3 is 9.88 Å². The summed E-state index contributed by atoms with van der Waals surface area (Å²) < 4.78 is 26.9. The van der Waals surface area contributed by atoms with Gasteiger partial charge in [-0.05, 0) is 12.1 Å². The molecule has 3 aromatic rings. The Labute approximate surface area is 166 Å². The number of hydrogen-bond acceptors (Lipinski definition) is 5. The van der Waals surface area contributed by atoms with Crippen molar-refractivity contribution in [2.75, 3.05) is 26.2 Å². The lowest BCUT2D eigenvalue weighted by molar-refractivity contribution is -0.385. The van der Waals surface area contributed by atoms with Crippen molar-refractivity contribution in [3.05, 3.63) is 70.4 Å². The Kier molecular flexibility index (Phi) is 4.81. The van der Waals surface area contributed by atoms with Gasteiger partial charge in [0.25, 0.3) is 11.6 Å². The highest BCUT2D eigenvalue weighted by atomic mass is 32.2. The first kappa shape index (κ1) is 19.1. The number of benzene rings is 2. The molecule has 2 aromatic carbocycles. The van der Waals surface area contributed by atoms with Gasteiger partial charge in [0.2, 0.25) is 10.0 Å². The summed E-state index contributed by atoms with van der Waals surface area (Å²) in [6.45, 7) is 0.733. The molecule has 0 radical (unpaired) electrons. The lowest BCUT2D eigenvalue weighted by atomic mass is 10.1. The third-order valence-corrected chi connectivity index (χ3v) is 6.91. The molecule has 1 saturated heterocycles. The second kappa shape index (κ2) is 7.30. The fourth-order valence-electron chi connectivity index (χ4n) is 3.46. The van der Waals surface area contributed by atoms with Crippen LogP contribution in [0.1, 0.15) is 10.4 Å². The molecular weight excluding hydrogens is 396 g/mol. The molecule has 0 atom stereocenters. The van der Waals surface area contributed by atoms with Crippen molar-refractivity contribution in [2.45, 2.75) is 4.90 Å². The molecule has 0 unspecified atom stereocenters. The first-order valence-electron chi connectivity index (χ1n) is 8.98. The minimum absolute atomic E-state index is 0.122. The molecule has 1 amide bonds. The van der Waals surface area contributed by atoms with Gasteiger partial charge in [0, 0.05) is 55.4 Å². The summed E-state index contributed by atoms with van der Waals surface area (Å²) in [6, 6.07) is 12.5. The minimum atomic E-state index is -3.87. The number of carbonyl (C=O) groups excluding carboxylic acids is 1. The van der Waals surface area contributed by atoms with E-state index < -0.39 is 14.9 Å². The Bertz CT molecular complexity index is 1200. The molecule has 29 heavy (non-hydrogen) atoms. The van der Waals surface area contributed by atoms with E-state index in [0.29, 0.717) is 5.56 Å². The lowest BCUT2D eigenvalue weighted by Gasteiger charge is -2.34. The number of amides is 1. The highest BCUT2D eigenvalue weighted by Gasteiger charge is 2.31. The largest absolute Gasteiger partial charge is 0.360 e. The third-order valence-electron chi connectivity index (χ3n) is 5.01. The van der Waals surface area contributed by atoms with E-state index in [1.54, 1.807) is 11.1 Å². The number of nitro benzene ring substituents is 1. The maximum atomic E-state index is 12.9. The van der Waals surface area contributed by atoms with Crippen molar-refractivity contribution >= 4 is 32.5 Å². The third kappa shape index (κ3) is 3.47. The molecular formula is C19H18N4O5S. The van der Waals surface area contributed by atoms with Crippen LogP contribution in [0.4, 0.5) is 5.69 Å². The fraction of sp³-hybridized carbons (Fsp3) is 0.211. The molecule has 150 valence electrons. The van der Waals surface area contributed by atoms with Gasteiger partial charge in [-0.3, -0.25) is 14.9 Å². The molecule has 0 spiro atoms. The van der Waals surface area contributed by atoms with Gasteiger partial charge >= 0.3 is 0 Å². The van der Waals surface area contributed by atoms with Crippen molar-refractivity contribution in [2.24, 2.45) is 0 Å². The zero-order valence-corrected chi connectivity index (χ0v) is 16.1. The van der Waals surface area contributed by atoms with Gasteiger partial charge in [-0.2, -0.15) is 4.31 Å². The SMILES string of the molecule is O=C(c1c[nH]c2ccccc12)N1CCN(S(=O)(=O)c2cccc([N+](=O)[O-])c2)CC1. The summed E-state index contributed by atoms with van der Waals surface area (Å²) in [5.74, 6) is -0.158. The number of carbonyl (C=O) groups is 1. The zero-order valence-electron chi connectivity index (χ0n) is 15.3. The summed E-state index contributed by atoms with van der Waals surface area (Å²) >= 11 is 0. The van der Waals surface area contributed by atoms with Crippen LogP contribution in [-0.4, -0.2) is 59.6 Å². The number of hydrogen-bond donors (Lipinski definition) is 1. The second-order valence-corrected chi connectivity index (χ2v) is 8.64. The van der Waals surface area contributed by atoms with Crippen LogP contribution in [0.5, 0.6) is 0 Å². The first-order chi connectivity index (χ1) is 13.9. The standard InChI is InChI=1S/C19H18N4O5S/c24-19(17-13-20-18-7-2-1-6-16(17)18)21-8-10-22(11-9-21)29(27,28)15-5-3-4-14(12-15)23(25)26/h1-7,12-13,20H,8-11H2. The van der Waals surface area contributed by atoms with Crippen LogP contribution in [0.2, 0.25) is 0 Å². The number of nitrogens with one attached hydrogen (secondary N) is 1. The average molecular weight is 414 g/mol. The fourth-order valence-corrected chi connectivity index (χ4v) is 4.92. The molecule has 10 heteroatoms. The minimum Gasteiger partial charge on any atom is -0.360 e. The number of rotatable bonds is 4. The second-order valence-electron chi connectivity index (χ2n) is 6.70. The van der Waals surface area contributed by atoms with Crippen molar-refractivity contribution in [1.29, 1.82) is 0 Å². The number of non-ortho nitro benzene ring substituents is 1. The number of fused-ring (bicyclic) bond motifs is 1. The number of para-hydroxylation sites is 1. The number of aromatic nitrogens is 1. The number of sulfonamides is 1. The molecule has 1 aliphatic rings. The smallest absolute Gasteiger partial charge is 0.270 e. The van der Waals surface area contributed by atoms with Crippen molar-refractivity contribution < 1.29 is 18.1 Å². The van der Waals surface area contributed by atoms with E-state index in [9.17, 15) is 23.3 Å². The van der Waals surface area contributed by atoms with Gasteiger partial charge in [-0.25, -0.2) is 8.42 Å². The first-order valence-corrected chi connectivity index (χ1v) is 10.4. The molecule has 1 aromatic heterocycles. The van der Waals surface area contributed by atoms with E-state index in [1.807, 2.05) is 24.3 Å².